The van der Waals surface area contributed by atoms with E-state index in [2.05, 4.69) is 29.6 Å². The van der Waals surface area contributed by atoms with Crippen molar-refractivity contribution >= 4 is 29.1 Å². The quantitative estimate of drug-likeness (QED) is 0.384. The van der Waals surface area contributed by atoms with E-state index in [0.29, 0.717) is 22.7 Å². The Kier molecular flexibility index (Phi) is 4.98. The number of carbonyl (C=O) groups is 3. The number of hydrogen-bond donors (Lipinski definition) is 1. The Morgan fingerprint density at radius 2 is 1.16 bits per heavy atom. The molecule has 186 valence electrons. The predicted octanol–water partition coefficient (Wildman–Crippen LogP) is 5.34. The second kappa shape index (κ2) is 8.42. The van der Waals surface area contributed by atoms with Crippen molar-refractivity contribution in [1.29, 1.82) is 0 Å². The van der Waals surface area contributed by atoms with Gasteiger partial charge >= 0.3 is 0 Å². The molecule has 0 saturated carbocycles. The summed E-state index contributed by atoms with van der Waals surface area (Å²) in [6.45, 7) is 0. The largest absolute Gasteiger partial charge is 0.497 e. The monoisotopic (exact) mass is 500 g/mol. The Morgan fingerprint density at radius 3 is 1.61 bits per heavy atom. The lowest BCUT2D eigenvalue weighted by atomic mass is 9.55. The van der Waals surface area contributed by atoms with Crippen LogP contribution in [0.3, 0.4) is 0 Å². The maximum atomic E-state index is 13.9. The normalized spacial score (nSPS) is 22.5. The maximum Gasteiger partial charge on any atom is 0.255 e. The first-order valence-electron chi connectivity index (χ1n) is 12.7. The van der Waals surface area contributed by atoms with Crippen LogP contribution < -0.4 is 15.0 Å². The molecular weight excluding hydrogens is 476 g/mol. The molecule has 1 aliphatic heterocycles. The summed E-state index contributed by atoms with van der Waals surface area (Å²) in [5.74, 6) is -1.08. The summed E-state index contributed by atoms with van der Waals surface area (Å²) in [6, 6.07) is 30.1. The molecule has 1 N–H and O–H groups in total. The number of benzene rings is 4. The number of anilines is 2. The fourth-order valence-corrected chi connectivity index (χ4v) is 6.57. The van der Waals surface area contributed by atoms with Crippen LogP contribution in [-0.4, -0.2) is 24.8 Å². The summed E-state index contributed by atoms with van der Waals surface area (Å²) in [6.07, 6.45) is 0. The molecule has 4 aromatic carbocycles. The first-order valence-corrected chi connectivity index (χ1v) is 12.7. The van der Waals surface area contributed by atoms with Crippen molar-refractivity contribution < 1.29 is 19.1 Å². The van der Waals surface area contributed by atoms with Gasteiger partial charge in [0.1, 0.15) is 5.75 Å². The van der Waals surface area contributed by atoms with E-state index in [0.717, 1.165) is 22.3 Å². The summed E-state index contributed by atoms with van der Waals surface area (Å²) in [4.78, 5) is 41.9. The molecule has 2 atom stereocenters. The van der Waals surface area contributed by atoms with Crippen LogP contribution in [0.1, 0.15) is 44.4 Å². The van der Waals surface area contributed by atoms with Crippen molar-refractivity contribution in [3.63, 3.8) is 0 Å². The second-order valence-corrected chi connectivity index (χ2v) is 10.0. The number of nitrogens with one attached hydrogen (secondary N) is 1. The fraction of sp³-hybridized carbons (Fsp3) is 0.156. The zero-order chi connectivity index (χ0) is 26.0. The van der Waals surface area contributed by atoms with Crippen LogP contribution in [0, 0.1) is 11.8 Å². The smallest absolute Gasteiger partial charge is 0.255 e. The van der Waals surface area contributed by atoms with E-state index in [1.165, 1.54) is 4.90 Å². The number of methoxy groups -OCH3 is 1. The molecule has 6 nitrogen and oxygen atoms in total. The van der Waals surface area contributed by atoms with Crippen LogP contribution in [0.5, 0.6) is 5.75 Å². The minimum absolute atomic E-state index is 0.145. The number of imide groups is 1. The molecule has 1 fully saturated rings. The molecule has 1 heterocycles. The molecule has 3 amide bonds. The standard InChI is InChI=1S/C32H24N2O4/c1-38-21-16-12-19(13-17-21)33-30(35)18-10-14-20(15-11-18)34-31(36)28-26-22-6-2-3-7-23(22)27(29(28)32(34)37)25-9-5-4-8-24(25)26/h2-17,26-29H,1H3,(H,33,35)/t26?,27?,28-,29-/m0/s1. The molecular formula is C32H24N2O4. The van der Waals surface area contributed by atoms with Crippen molar-refractivity contribution in [3.8, 4) is 5.75 Å². The van der Waals surface area contributed by atoms with E-state index in [-0.39, 0.29) is 29.6 Å². The SMILES string of the molecule is COc1ccc(NC(=O)c2ccc(N3C(=O)[C@H]4C5c6ccccc6C(c6ccccc65)[C@@H]4C3=O)cc2)cc1. The van der Waals surface area contributed by atoms with Gasteiger partial charge in [-0.25, -0.2) is 4.90 Å². The minimum Gasteiger partial charge on any atom is -0.497 e. The van der Waals surface area contributed by atoms with Gasteiger partial charge in [0.2, 0.25) is 11.8 Å². The summed E-state index contributed by atoms with van der Waals surface area (Å²) in [7, 11) is 1.59. The molecule has 0 aromatic heterocycles. The van der Waals surface area contributed by atoms with E-state index in [9.17, 15) is 14.4 Å². The maximum absolute atomic E-state index is 13.9. The zero-order valence-electron chi connectivity index (χ0n) is 20.6. The summed E-state index contributed by atoms with van der Waals surface area (Å²) in [5.41, 5.74) is 6.14. The van der Waals surface area contributed by atoms with Crippen molar-refractivity contribution in [3.05, 3.63) is 125 Å². The molecule has 4 aliphatic rings. The van der Waals surface area contributed by atoms with Crippen molar-refractivity contribution in [2.75, 3.05) is 17.3 Å². The Morgan fingerprint density at radius 1 is 0.684 bits per heavy atom. The van der Waals surface area contributed by atoms with Gasteiger partial charge in [-0.15, -0.1) is 0 Å². The summed E-state index contributed by atoms with van der Waals surface area (Å²) >= 11 is 0. The average molecular weight is 501 g/mol. The van der Waals surface area contributed by atoms with Gasteiger partial charge in [0, 0.05) is 23.1 Å². The topological polar surface area (TPSA) is 75.7 Å². The molecule has 0 unspecified atom stereocenters. The van der Waals surface area contributed by atoms with Crippen molar-refractivity contribution in [2.24, 2.45) is 11.8 Å². The fourth-order valence-electron chi connectivity index (χ4n) is 6.57. The highest BCUT2D eigenvalue weighted by Gasteiger charge is 2.61. The van der Waals surface area contributed by atoms with Gasteiger partial charge < -0.3 is 10.1 Å². The lowest BCUT2D eigenvalue weighted by Gasteiger charge is -2.45. The van der Waals surface area contributed by atoms with Crippen LogP contribution in [0.25, 0.3) is 0 Å². The van der Waals surface area contributed by atoms with Gasteiger partial charge in [-0.3, -0.25) is 14.4 Å². The van der Waals surface area contributed by atoms with E-state index in [1.54, 1.807) is 55.6 Å². The molecule has 4 aromatic rings. The molecule has 1 saturated heterocycles. The highest BCUT2D eigenvalue weighted by Crippen LogP contribution is 2.61. The average Bonchev–Trinajstić information content (AvgIpc) is 3.23. The Bertz CT molecular complexity index is 1490. The van der Waals surface area contributed by atoms with Gasteiger partial charge in [-0.05, 0) is 70.8 Å². The van der Waals surface area contributed by atoms with Gasteiger partial charge in [0.05, 0.1) is 24.6 Å². The van der Waals surface area contributed by atoms with Crippen LogP contribution >= 0.6 is 0 Å². The summed E-state index contributed by atoms with van der Waals surface area (Å²) in [5, 5.41) is 2.85. The van der Waals surface area contributed by atoms with Gasteiger partial charge in [-0.1, -0.05) is 48.5 Å². The first-order chi connectivity index (χ1) is 18.6. The van der Waals surface area contributed by atoms with Crippen LogP contribution in [0.15, 0.2) is 97.1 Å². The molecule has 38 heavy (non-hydrogen) atoms. The Hall–Kier alpha value is -4.71. The van der Waals surface area contributed by atoms with Gasteiger partial charge in [-0.2, -0.15) is 0 Å². The van der Waals surface area contributed by atoms with Crippen LogP contribution in [-0.2, 0) is 9.59 Å². The number of nitrogens with zero attached hydrogens (tertiary/aromatic N) is 1. The van der Waals surface area contributed by atoms with Crippen molar-refractivity contribution in [1.82, 2.24) is 0 Å². The molecule has 0 spiro atoms. The lowest BCUT2D eigenvalue weighted by molar-refractivity contribution is -0.122. The molecule has 6 heteroatoms. The molecule has 2 bridgehead atoms. The number of hydrogen-bond acceptors (Lipinski definition) is 4. The van der Waals surface area contributed by atoms with E-state index >= 15 is 0 Å². The highest BCUT2D eigenvalue weighted by molar-refractivity contribution is 6.23. The molecule has 8 rings (SSSR count). The van der Waals surface area contributed by atoms with E-state index < -0.39 is 11.8 Å². The predicted molar refractivity (Wildman–Crippen MR) is 143 cm³/mol. The molecule has 3 aliphatic carbocycles. The molecule has 0 radical (unpaired) electrons. The number of amides is 3. The van der Waals surface area contributed by atoms with Gasteiger partial charge in [0.15, 0.2) is 0 Å². The van der Waals surface area contributed by atoms with Crippen LogP contribution in [0.2, 0.25) is 0 Å². The van der Waals surface area contributed by atoms with Gasteiger partial charge in [0.25, 0.3) is 5.91 Å². The number of ether oxygens (including phenoxy) is 1. The van der Waals surface area contributed by atoms with Crippen molar-refractivity contribution in [2.45, 2.75) is 11.8 Å². The number of rotatable bonds is 4. The minimum atomic E-state index is -0.435. The third kappa shape index (κ3) is 3.16. The Balaban J connectivity index is 1.19. The third-order valence-electron chi connectivity index (χ3n) is 8.18. The highest BCUT2D eigenvalue weighted by atomic mass is 16.5. The zero-order valence-corrected chi connectivity index (χ0v) is 20.6. The van der Waals surface area contributed by atoms with E-state index in [4.69, 9.17) is 4.74 Å². The first kappa shape index (κ1) is 22.5. The van der Waals surface area contributed by atoms with Crippen LogP contribution in [0.4, 0.5) is 11.4 Å². The second-order valence-electron chi connectivity index (χ2n) is 10.0. The number of carbonyl (C=O) groups excluding carboxylic acids is 3. The Labute approximate surface area is 219 Å². The van der Waals surface area contributed by atoms with E-state index in [1.807, 2.05) is 24.3 Å². The lowest BCUT2D eigenvalue weighted by Crippen LogP contribution is -2.41. The summed E-state index contributed by atoms with van der Waals surface area (Å²) < 4.78 is 5.15. The third-order valence-corrected chi connectivity index (χ3v) is 8.18.